The summed E-state index contributed by atoms with van der Waals surface area (Å²) >= 11 is 0. The topological polar surface area (TPSA) is 40.5 Å². The van der Waals surface area contributed by atoms with Crippen LogP contribution in [0.5, 0.6) is 0 Å². The molecule has 1 saturated heterocycles. The molecule has 2 unspecified atom stereocenters. The highest BCUT2D eigenvalue weighted by molar-refractivity contribution is 5.78. The van der Waals surface area contributed by atoms with Gasteiger partial charge in [0.1, 0.15) is 0 Å². The Kier molecular flexibility index (Phi) is 3.71. The second kappa shape index (κ2) is 5.23. The first kappa shape index (κ1) is 16.3. The molecule has 1 aliphatic carbocycles. The number of benzene rings is 1. The molecule has 1 aromatic carbocycles. The second-order valence-electron chi connectivity index (χ2n) is 6.96. The first-order valence-electron chi connectivity index (χ1n) is 7.83. The van der Waals surface area contributed by atoms with E-state index in [-0.39, 0.29) is 5.91 Å². The van der Waals surface area contributed by atoms with Crippen LogP contribution < -0.4 is 0 Å². The number of piperidine rings is 1. The van der Waals surface area contributed by atoms with E-state index < -0.39 is 29.3 Å². The van der Waals surface area contributed by atoms with Gasteiger partial charge < -0.3 is 10.0 Å². The molecule has 6 heteroatoms. The summed E-state index contributed by atoms with van der Waals surface area (Å²) in [6.07, 6.45) is -3.23. The molecule has 23 heavy (non-hydrogen) atoms. The van der Waals surface area contributed by atoms with Crippen molar-refractivity contribution < 1.29 is 23.1 Å². The number of aliphatic hydroxyl groups excluding tert-OH is 1. The summed E-state index contributed by atoms with van der Waals surface area (Å²) in [7, 11) is 0. The van der Waals surface area contributed by atoms with Crippen molar-refractivity contribution in [2.75, 3.05) is 6.54 Å². The second-order valence-corrected chi connectivity index (χ2v) is 6.96. The van der Waals surface area contributed by atoms with Crippen LogP contribution in [0.15, 0.2) is 18.2 Å². The lowest BCUT2D eigenvalue weighted by Crippen LogP contribution is -2.44. The number of hydrogen-bond acceptors (Lipinski definition) is 2. The Morgan fingerprint density at radius 1 is 1.26 bits per heavy atom. The molecule has 1 aromatic rings. The van der Waals surface area contributed by atoms with Gasteiger partial charge in [0.15, 0.2) is 0 Å². The number of nitrogens with zero attached hydrogens (tertiary/aromatic N) is 1. The van der Waals surface area contributed by atoms with Gasteiger partial charge in [-0.15, -0.1) is 0 Å². The van der Waals surface area contributed by atoms with E-state index in [1.54, 1.807) is 18.7 Å². The van der Waals surface area contributed by atoms with Crippen molar-refractivity contribution in [2.24, 2.45) is 0 Å². The quantitative estimate of drug-likeness (QED) is 0.859. The molecule has 2 atom stereocenters. The van der Waals surface area contributed by atoms with Gasteiger partial charge in [0.2, 0.25) is 5.91 Å². The van der Waals surface area contributed by atoms with E-state index in [9.17, 15) is 23.1 Å². The fourth-order valence-electron chi connectivity index (χ4n) is 3.73. The van der Waals surface area contributed by atoms with Gasteiger partial charge in [0, 0.05) is 18.4 Å². The first-order chi connectivity index (χ1) is 10.6. The molecule has 0 spiro atoms. The number of amides is 1. The molecule has 1 N–H and O–H groups in total. The van der Waals surface area contributed by atoms with Gasteiger partial charge in [-0.1, -0.05) is 19.9 Å². The zero-order valence-corrected chi connectivity index (χ0v) is 13.2. The van der Waals surface area contributed by atoms with Crippen molar-refractivity contribution in [1.82, 2.24) is 4.90 Å². The molecule has 126 valence electrons. The molecule has 0 saturated carbocycles. The molecule has 0 radical (unpaired) electrons. The predicted octanol–water partition coefficient (Wildman–Crippen LogP) is 3.41. The number of hydrogen-bond donors (Lipinski definition) is 1. The first-order valence-corrected chi connectivity index (χ1v) is 7.83. The van der Waals surface area contributed by atoms with Crippen LogP contribution in [0, 0.1) is 0 Å². The fraction of sp³-hybridized carbons (Fsp3) is 0.588. The van der Waals surface area contributed by atoms with E-state index in [4.69, 9.17) is 0 Å². The Morgan fingerprint density at radius 2 is 1.96 bits per heavy atom. The van der Waals surface area contributed by atoms with Gasteiger partial charge >= 0.3 is 6.18 Å². The smallest absolute Gasteiger partial charge is 0.390 e. The number of aliphatic hydroxyl groups is 1. The molecule has 1 heterocycles. The summed E-state index contributed by atoms with van der Waals surface area (Å²) in [5.41, 5.74) is -0.449. The van der Waals surface area contributed by atoms with Crippen LogP contribution in [0.1, 0.15) is 55.8 Å². The summed E-state index contributed by atoms with van der Waals surface area (Å²) in [6.45, 7) is 3.99. The zero-order valence-electron chi connectivity index (χ0n) is 13.2. The highest BCUT2D eigenvalue weighted by Gasteiger charge is 2.50. The largest absolute Gasteiger partial charge is 0.416 e. The fourth-order valence-corrected chi connectivity index (χ4v) is 3.73. The zero-order chi connectivity index (χ0) is 17.0. The standard InChI is InChI=1S/C17H20F3NO2/c1-16(2)12-9-10(17(18,19)20)6-7-11(12)14(15(16)23)21-8-4-3-5-13(21)22/h6-7,9,14-15,23H,3-5,8H2,1-2H3. The number of carbonyl (C=O) groups is 1. The van der Waals surface area contributed by atoms with Crippen molar-refractivity contribution >= 4 is 5.91 Å². The van der Waals surface area contributed by atoms with Crippen LogP contribution in [-0.2, 0) is 16.4 Å². The van der Waals surface area contributed by atoms with E-state index >= 15 is 0 Å². The Bertz CT molecular complexity index is 639. The summed E-state index contributed by atoms with van der Waals surface area (Å²) in [4.78, 5) is 13.8. The number of alkyl halides is 3. The summed E-state index contributed by atoms with van der Waals surface area (Å²) in [5, 5.41) is 10.7. The third-order valence-electron chi connectivity index (χ3n) is 5.13. The molecule has 1 amide bonds. The summed E-state index contributed by atoms with van der Waals surface area (Å²) in [5.74, 6) is -0.0381. The number of halogens is 3. The van der Waals surface area contributed by atoms with Gasteiger partial charge in [0.05, 0.1) is 17.7 Å². The molecule has 1 fully saturated rings. The number of likely N-dealkylation sites (tertiary alicyclic amines) is 1. The monoisotopic (exact) mass is 327 g/mol. The van der Waals surface area contributed by atoms with Gasteiger partial charge in [-0.25, -0.2) is 0 Å². The lowest BCUT2D eigenvalue weighted by Gasteiger charge is -2.37. The minimum absolute atomic E-state index is 0.0381. The highest BCUT2D eigenvalue weighted by Crippen LogP contribution is 2.49. The third kappa shape index (κ3) is 2.53. The van der Waals surface area contributed by atoms with E-state index in [0.29, 0.717) is 24.1 Å². The Balaban J connectivity index is 2.08. The molecular weight excluding hydrogens is 307 g/mol. The maximum Gasteiger partial charge on any atom is 0.416 e. The van der Waals surface area contributed by atoms with Crippen molar-refractivity contribution in [3.05, 3.63) is 34.9 Å². The van der Waals surface area contributed by atoms with Gasteiger partial charge in [-0.05, 0) is 36.1 Å². The molecule has 3 rings (SSSR count). The Hall–Kier alpha value is -1.56. The summed E-state index contributed by atoms with van der Waals surface area (Å²) in [6, 6.07) is 3.01. The van der Waals surface area contributed by atoms with Crippen LogP contribution in [0.2, 0.25) is 0 Å². The molecular formula is C17H20F3NO2. The van der Waals surface area contributed by atoms with Crippen molar-refractivity contribution in [2.45, 2.75) is 56.8 Å². The van der Waals surface area contributed by atoms with Gasteiger partial charge in [-0.2, -0.15) is 13.2 Å². The van der Waals surface area contributed by atoms with E-state index in [0.717, 1.165) is 25.0 Å². The van der Waals surface area contributed by atoms with Crippen LogP contribution in [0.3, 0.4) is 0 Å². The van der Waals surface area contributed by atoms with E-state index in [1.165, 1.54) is 6.07 Å². The number of rotatable bonds is 1. The Labute approximate surface area is 133 Å². The average Bonchev–Trinajstić information content (AvgIpc) is 2.67. The minimum Gasteiger partial charge on any atom is -0.390 e. The lowest BCUT2D eigenvalue weighted by atomic mass is 9.83. The van der Waals surface area contributed by atoms with Crippen LogP contribution in [-0.4, -0.2) is 28.6 Å². The Morgan fingerprint density at radius 3 is 2.57 bits per heavy atom. The van der Waals surface area contributed by atoms with Gasteiger partial charge in [-0.3, -0.25) is 4.79 Å². The average molecular weight is 327 g/mol. The van der Waals surface area contributed by atoms with Crippen LogP contribution in [0.4, 0.5) is 13.2 Å². The van der Waals surface area contributed by atoms with Crippen molar-refractivity contribution in [1.29, 1.82) is 0 Å². The van der Waals surface area contributed by atoms with Crippen LogP contribution in [0.25, 0.3) is 0 Å². The number of carbonyl (C=O) groups excluding carboxylic acids is 1. The predicted molar refractivity (Wildman–Crippen MR) is 78.8 cm³/mol. The molecule has 3 nitrogen and oxygen atoms in total. The van der Waals surface area contributed by atoms with E-state index in [2.05, 4.69) is 0 Å². The van der Waals surface area contributed by atoms with Gasteiger partial charge in [0.25, 0.3) is 0 Å². The minimum atomic E-state index is -4.42. The summed E-state index contributed by atoms with van der Waals surface area (Å²) < 4.78 is 39.0. The molecule has 0 bridgehead atoms. The lowest BCUT2D eigenvalue weighted by molar-refractivity contribution is -0.139. The normalized spacial score (nSPS) is 27.2. The van der Waals surface area contributed by atoms with E-state index in [1.807, 2.05) is 0 Å². The maximum atomic E-state index is 13.0. The van der Waals surface area contributed by atoms with Crippen molar-refractivity contribution in [3.8, 4) is 0 Å². The molecule has 2 aliphatic rings. The maximum absolute atomic E-state index is 13.0. The van der Waals surface area contributed by atoms with Crippen molar-refractivity contribution in [3.63, 3.8) is 0 Å². The highest BCUT2D eigenvalue weighted by atomic mass is 19.4. The molecule has 1 aliphatic heterocycles. The SMILES string of the molecule is CC1(C)c2cc(C(F)(F)F)ccc2C(N2CCCCC2=O)C1O. The molecule has 0 aromatic heterocycles. The third-order valence-corrected chi connectivity index (χ3v) is 5.13. The number of fused-ring (bicyclic) bond motifs is 1. The van der Waals surface area contributed by atoms with Crippen LogP contribution >= 0.6 is 0 Å².